The van der Waals surface area contributed by atoms with E-state index in [4.69, 9.17) is 14.8 Å². The van der Waals surface area contributed by atoms with E-state index in [0.717, 1.165) is 24.8 Å². The van der Waals surface area contributed by atoms with Crippen molar-refractivity contribution in [3.8, 4) is 11.5 Å². The van der Waals surface area contributed by atoms with Gasteiger partial charge in [-0.15, -0.1) is 0 Å². The molecule has 2 heterocycles. The van der Waals surface area contributed by atoms with Gasteiger partial charge >= 0.3 is 5.69 Å². The van der Waals surface area contributed by atoms with Gasteiger partial charge in [-0.25, -0.2) is 0 Å². The lowest BCUT2D eigenvalue weighted by Crippen LogP contribution is -1.89. The summed E-state index contributed by atoms with van der Waals surface area (Å²) >= 11 is 0. The van der Waals surface area contributed by atoms with E-state index < -0.39 is 4.92 Å². The predicted octanol–water partition coefficient (Wildman–Crippen LogP) is 5.29. The number of nitrogen functional groups attached to an aromatic ring is 1. The summed E-state index contributed by atoms with van der Waals surface area (Å²) in [5.74, 6) is 1.86. The molecule has 2 aromatic carbocycles. The second kappa shape index (κ2) is 13.3. The van der Waals surface area contributed by atoms with Crippen LogP contribution in [0.5, 0.6) is 11.5 Å². The maximum atomic E-state index is 10.7. The number of phenolic OH excluding ortho intramolecular Hbond substituents is 2. The molecule has 0 spiro atoms. The lowest BCUT2D eigenvalue weighted by atomic mass is 10.1. The van der Waals surface area contributed by atoms with Gasteiger partial charge in [-0.05, 0) is 54.3 Å². The van der Waals surface area contributed by atoms with Gasteiger partial charge in [-0.3, -0.25) is 10.1 Å². The SMILES string of the molecule is CCCc1nc(C=Cc2ccc(O)c(N)c2)no1.CCCc1nc(C=Cc2ccc(O)c([N+](=O)[O-])c2)no1. The lowest BCUT2D eigenvalue weighted by molar-refractivity contribution is -0.385. The molecule has 38 heavy (non-hydrogen) atoms. The standard InChI is InChI=1S/C13H13N3O4.C13H15N3O2/c1-2-3-13-14-12(15-20-13)7-5-9-4-6-11(17)10(8-9)16(18)19;1-2-3-13-15-12(16-18-13)7-5-9-4-6-11(17)10(14)8-9/h4-8,17H,2-3H2,1H3;4-8,17H,2-3,14H2,1H3. The van der Waals surface area contributed by atoms with E-state index in [-0.39, 0.29) is 17.2 Å². The van der Waals surface area contributed by atoms with Crippen molar-refractivity contribution >= 4 is 35.7 Å². The van der Waals surface area contributed by atoms with Crippen LogP contribution >= 0.6 is 0 Å². The Hall–Kier alpha value is -5.00. The number of phenols is 2. The van der Waals surface area contributed by atoms with Crippen LogP contribution in [0.2, 0.25) is 0 Å². The third kappa shape index (κ3) is 8.01. The molecule has 4 N–H and O–H groups in total. The zero-order valence-electron chi connectivity index (χ0n) is 20.9. The molecule has 0 fully saturated rings. The van der Waals surface area contributed by atoms with Gasteiger partial charge in [0.05, 0.1) is 10.6 Å². The summed E-state index contributed by atoms with van der Waals surface area (Å²) in [6, 6.07) is 9.10. The maximum absolute atomic E-state index is 10.7. The summed E-state index contributed by atoms with van der Waals surface area (Å²) in [7, 11) is 0. The van der Waals surface area contributed by atoms with Crippen molar-refractivity contribution in [2.24, 2.45) is 0 Å². The third-order valence-electron chi connectivity index (χ3n) is 4.99. The van der Waals surface area contributed by atoms with Gasteiger partial charge in [0.1, 0.15) is 5.75 Å². The fourth-order valence-electron chi connectivity index (χ4n) is 3.11. The zero-order valence-corrected chi connectivity index (χ0v) is 20.9. The summed E-state index contributed by atoms with van der Waals surface area (Å²) in [5.41, 5.74) is 7.04. The molecule has 198 valence electrons. The second-order valence-corrected chi connectivity index (χ2v) is 8.08. The molecule has 0 unspecified atom stereocenters. The molecular formula is C26H28N6O6. The number of aromatic hydroxyl groups is 2. The summed E-state index contributed by atoms with van der Waals surface area (Å²) in [6.07, 6.45) is 10.2. The summed E-state index contributed by atoms with van der Waals surface area (Å²) in [6.45, 7) is 4.06. The predicted molar refractivity (Wildman–Crippen MR) is 142 cm³/mol. The van der Waals surface area contributed by atoms with Crippen LogP contribution in [0, 0.1) is 10.1 Å². The molecule has 0 aliphatic heterocycles. The first-order valence-electron chi connectivity index (χ1n) is 11.9. The molecule has 0 atom stereocenters. The van der Waals surface area contributed by atoms with Crippen LogP contribution in [0.15, 0.2) is 45.4 Å². The van der Waals surface area contributed by atoms with Gasteiger partial charge in [0.15, 0.2) is 17.4 Å². The molecule has 0 saturated carbocycles. The highest BCUT2D eigenvalue weighted by molar-refractivity contribution is 5.70. The van der Waals surface area contributed by atoms with Crippen molar-refractivity contribution in [1.29, 1.82) is 0 Å². The molecule has 0 saturated heterocycles. The molecule has 0 aliphatic rings. The molecule has 12 heteroatoms. The number of benzene rings is 2. The maximum Gasteiger partial charge on any atom is 0.311 e. The van der Waals surface area contributed by atoms with Gasteiger partial charge in [-0.1, -0.05) is 48.4 Å². The molecule has 0 aliphatic carbocycles. The van der Waals surface area contributed by atoms with Crippen LogP contribution in [0.1, 0.15) is 61.2 Å². The van der Waals surface area contributed by atoms with Gasteiger partial charge in [0.2, 0.25) is 11.8 Å². The number of nitrogens with zero attached hydrogens (tertiary/aromatic N) is 5. The Balaban J connectivity index is 0.000000212. The third-order valence-corrected chi connectivity index (χ3v) is 4.99. The van der Waals surface area contributed by atoms with Crippen LogP contribution in [-0.4, -0.2) is 35.4 Å². The average Bonchev–Trinajstić information content (AvgIpc) is 3.54. The van der Waals surface area contributed by atoms with Gasteiger partial charge in [0, 0.05) is 18.9 Å². The van der Waals surface area contributed by atoms with E-state index in [0.29, 0.717) is 41.1 Å². The van der Waals surface area contributed by atoms with Gasteiger partial charge in [0.25, 0.3) is 0 Å². The van der Waals surface area contributed by atoms with E-state index in [2.05, 4.69) is 27.2 Å². The number of hydrogen-bond donors (Lipinski definition) is 3. The first kappa shape index (κ1) is 27.6. The van der Waals surface area contributed by atoms with Crippen LogP contribution in [0.4, 0.5) is 11.4 Å². The van der Waals surface area contributed by atoms with Crippen molar-refractivity contribution in [2.45, 2.75) is 39.5 Å². The number of nitro benzene ring substituents is 1. The van der Waals surface area contributed by atoms with Crippen molar-refractivity contribution in [3.63, 3.8) is 0 Å². The highest BCUT2D eigenvalue weighted by Crippen LogP contribution is 2.27. The van der Waals surface area contributed by atoms with Crippen LogP contribution in [0.25, 0.3) is 24.3 Å². The molecule has 4 rings (SSSR count). The smallest absolute Gasteiger partial charge is 0.311 e. The zero-order chi connectivity index (χ0) is 27.5. The Labute approximate surface area is 218 Å². The fraction of sp³-hybridized carbons (Fsp3) is 0.231. The van der Waals surface area contributed by atoms with Gasteiger partial charge in [-0.2, -0.15) is 9.97 Å². The number of aromatic nitrogens is 4. The summed E-state index contributed by atoms with van der Waals surface area (Å²) in [5, 5.41) is 37.0. The summed E-state index contributed by atoms with van der Waals surface area (Å²) in [4.78, 5) is 18.4. The molecule has 0 bridgehead atoms. The van der Waals surface area contributed by atoms with Crippen LogP contribution < -0.4 is 5.73 Å². The Kier molecular flexibility index (Phi) is 9.69. The Morgan fingerprint density at radius 1 is 0.842 bits per heavy atom. The summed E-state index contributed by atoms with van der Waals surface area (Å²) < 4.78 is 10.1. The number of hydrogen-bond acceptors (Lipinski definition) is 11. The molecular weight excluding hydrogens is 492 g/mol. The van der Waals surface area contributed by atoms with Crippen molar-refractivity contribution in [2.75, 3.05) is 5.73 Å². The monoisotopic (exact) mass is 520 g/mol. The fourth-order valence-corrected chi connectivity index (χ4v) is 3.11. The quantitative estimate of drug-likeness (QED) is 0.113. The van der Waals surface area contributed by atoms with Crippen LogP contribution in [-0.2, 0) is 12.8 Å². The van der Waals surface area contributed by atoms with E-state index in [9.17, 15) is 20.3 Å². The number of rotatable bonds is 9. The van der Waals surface area contributed by atoms with Crippen molar-refractivity contribution in [1.82, 2.24) is 20.3 Å². The first-order chi connectivity index (χ1) is 18.3. The molecule has 4 aromatic rings. The van der Waals surface area contributed by atoms with E-state index >= 15 is 0 Å². The number of aryl methyl sites for hydroxylation is 2. The Bertz CT molecular complexity index is 1430. The van der Waals surface area contributed by atoms with Crippen LogP contribution in [0.3, 0.4) is 0 Å². The minimum absolute atomic E-state index is 0.0805. The number of nitro groups is 1. The molecule has 0 amide bonds. The minimum atomic E-state index is -0.639. The molecule has 2 aromatic heterocycles. The first-order valence-corrected chi connectivity index (χ1v) is 11.9. The largest absolute Gasteiger partial charge is 0.506 e. The Morgan fingerprint density at radius 2 is 1.34 bits per heavy atom. The van der Waals surface area contributed by atoms with E-state index in [1.54, 1.807) is 42.5 Å². The Morgan fingerprint density at radius 3 is 1.82 bits per heavy atom. The van der Waals surface area contributed by atoms with Gasteiger partial charge < -0.3 is 25.0 Å². The highest BCUT2D eigenvalue weighted by Gasteiger charge is 2.12. The van der Waals surface area contributed by atoms with E-state index in [1.807, 2.05) is 13.0 Å². The molecule has 0 radical (unpaired) electrons. The van der Waals surface area contributed by atoms with E-state index in [1.165, 1.54) is 12.1 Å². The number of anilines is 1. The topological polar surface area (TPSA) is 187 Å². The molecule has 12 nitrogen and oxygen atoms in total. The highest BCUT2D eigenvalue weighted by atomic mass is 16.6. The number of nitrogens with two attached hydrogens (primary N) is 1. The average molecular weight is 521 g/mol. The lowest BCUT2D eigenvalue weighted by Gasteiger charge is -1.98. The van der Waals surface area contributed by atoms with Crippen molar-refractivity contribution < 1.29 is 24.2 Å². The minimum Gasteiger partial charge on any atom is -0.506 e. The normalized spacial score (nSPS) is 11.1. The van der Waals surface area contributed by atoms with Crippen molar-refractivity contribution in [3.05, 3.63) is 81.1 Å². The second-order valence-electron chi connectivity index (χ2n) is 8.08.